The molecule has 0 radical (unpaired) electrons. The van der Waals surface area contributed by atoms with E-state index in [1.807, 2.05) is 13.8 Å². The van der Waals surface area contributed by atoms with Gasteiger partial charge in [-0.3, -0.25) is 4.79 Å². The molecule has 1 atom stereocenters. The summed E-state index contributed by atoms with van der Waals surface area (Å²) >= 11 is 0. The second kappa shape index (κ2) is 5.74. The molecule has 0 aliphatic carbocycles. The van der Waals surface area contributed by atoms with Crippen molar-refractivity contribution in [3.05, 3.63) is 29.8 Å². The van der Waals surface area contributed by atoms with Gasteiger partial charge >= 0.3 is 0 Å². The summed E-state index contributed by atoms with van der Waals surface area (Å²) in [5.74, 6) is -0.790. The van der Waals surface area contributed by atoms with Gasteiger partial charge in [0, 0.05) is 0 Å². The lowest BCUT2D eigenvalue weighted by Gasteiger charge is -2.26. The molecule has 19 heavy (non-hydrogen) atoms. The molecule has 0 aliphatic heterocycles. The lowest BCUT2D eigenvalue weighted by Crippen LogP contribution is -2.47. The van der Waals surface area contributed by atoms with E-state index in [-0.39, 0.29) is 11.3 Å². The van der Waals surface area contributed by atoms with Crippen LogP contribution in [0.5, 0.6) is 0 Å². The number of benzene rings is 1. The Hall–Kier alpha value is -1.36. The molecule has 0 aliphatic rings. The minimum absolute atomic E-state index is 0.149. The highest BCUT2D eigenvalue weighted by Crippen LogP contribution is 2.30. The van der Waals surface area contributed by atoms with E-state index in [1.54, 1.807) is 12.1 Å². The summed E-state index contributed by atoms with van der Waals surface area (Å²) in [7, 11) is -3.76. The predicted octanol–water partition coefficient (Wildman–Crippen LogP) is 2.20. The van der Waals surface area contributed by atoms with E-state index >= 15 is 0 Å². The summed E-state index contributed by atoms with van der Waals surface area (Å²) in [5.41, 5.74) is 6.31. The Balaban J connectivity index is 3.28. The molecule has 4 nitrogen and oxygen atoms in total. The van der Waals surface area contributed by atoms with Gasteiger partial charge in [-0.15, -0.1) is 0 Å². The normalized spacial score (nSPS) is 14.9. The number of sulfone groups is 1. The van der Waals surface area contributed by atoms with E-state index in [0.29, 0.717) is 6.42 Å². The number of nitrogens with two attached hydrogens (primary N) is 1. The van der Waals surface area contributed by atoms with Crippen LogP contribution in [-0.2, 0) is 14.6 Å². The number of carbonyl (C=O) groups is 1. The number of carbonyl (C=O) groups excluding carboxylic acids is 1. The molecule has 1 unspecified atom stereocenters. The Bertz CT molecular complexity index is 549. The third kappa shape index (κ3) is 2.97. The summed E-state index contributed by atoms with van der Waals surface area (Å²) in [6.07, 6.45) is 1.70. The van der Waals surface area contributed by atoms with Crippen LogP contribution in [0, 0.1) is 6.92 Å². The fourth-order valence-electron chi connectivity index (χ4n) is 1.88. The van der Waals surface area contributed by atoms with Crippen LogP contribution in [0.1, 0.15) is 38.7 Å². The number of hydrogen-bond acceptors (Lipinski definition) is 3. The van der Waals surface area contributed by atoms with Crippen molar-refractivity contribution in [1.29, 1.82) is 0 Å². The van der Waals surface area contributed by atoms with Crippen molar-refractivity contribution in [3.63, 3.8) is 0 Å². The van der Waals surface area contributed by atoms with Gasteiger partial charge in [-0.1, -0.05) is 37.5 Å². The zero-order chi connectivity index (χ0) is 14.7. The van der Waals surface area contributed by atoms with Crippen molar-refractivity contribution in [2.24, 2.45) is 5.73 Å². The molecule has 0 bridgehead atoms. The molecule has 0 saturated carbocycles. The van der Waals surface area contributed by atoms with Crippen molar-refractivity contribution in [2.75, 3.05) is 0 Å². The maximum absolute atomic E-state index is 12.6. The quantitative estimate of drug-likeness (QED) is 0.869. The van der Waals surface area contributed by atoms with Gasteiger partial charge in [0.15, 0.2) is 14.6 Å². The fraction of sp³-hybridized carbons (Fsp3) is 0.500. The van der Waals surface area contributed by atoms with Gasteiger partial charge < -0.3 is 5.73 Å². The van der Waals surface area contributed by atoms with E-state index in [4.69, 9.17) is 5.73 Å². The van der Waals surface area contributed by atoms with E-state index < -0.39 is 20.5 Å². The monoisotopic (exact) mass is 283 g/mol. The largest absolute Gasteiger partial charge is 0.368 e. The highest BCUT2D eigenvalue weighted by Gasteiger charge is 2.45. The number of rotatable bonds is 6. The van der Waals surface area contributed by atoms with E-state index in [2.05, 4.69) is 0 Å². The summed E-state index contributed by atoms with van der Waals surface area (Å²) in [4.78, 5) is 11.8. The Morgan fingerprint density at radius 3 is 2.21 bits per heavy atom. The van der Waals surface area contributed by atoms with E-state index in [0.717, 1.165) is 12.0 Å². The number of aryl methyl sites for hydroxylation is 1. The Kier molecular flexibility index (Phi) is 4.74. The average molecular weight is 283 g/mol. The first-order chi connectivity index (χ1) is 8.75. The Morgan fingerprint density at radius 2 is 1.79 bits per heavy atom. The molecule has 0 fully saturated rings. The first-order valence-electron chi connectivity index (χ1n) is 6.37. The summed E-state index contributed by atoms with van der Waals surface area (Å²) < 4.78 is 23.7. The van der Waals surface area contributed by atoms with Crippen LogP contribution < -0.4 is 5.73 Å². The molecule has 2 N–H and O–H groups in total. The summed E-state index contributed by atoms with van der Waals surface area (Å²) in [6.45, 7) is 5.24. The van der Waals surface area contributed by atoms with Crippen LogP contribution in [-0.4, -0.2) is 19.1 Å². The zero-order valence-corrected chi connectivity index (χ0v) is 12.5. The molecular formula is C14H21NO3S. The fourth-order valence-corrected chi connectivity index (χ4v) is 3.57. The van der Waals surface area contributed by atoms with Crippen LogP contribution >= 0.6 is 0 Å². The Labute approximate surface area is 114 Å². The van der Waals surface area contributed by atoms with Gasteiger partial charge in [-0.25, -0.2) is 8.42 Å². The van der Waals surface area contributed by atoms with Crippen LogP contribution in [0.15, 0.2) is 29.2 Å². The van der Waals surface area contributed by atoms with Gasteiger partial charge in [-0.2, -0.15) is 0 Å². The number of unbranched alkanes of at least 4 members (excludes halogenated alkanes) is 1. The molecular weight excluding hydrogens is 262 g/mol. The first kappa shape index (κ1) is 15.7. The van der Waals surface area contributed by atoms with Crippen molar-refractivity contribution < 1.29 is 13.2 Å². The Morgan fingerprint density at radius 1 is 1.26 bits per heavy atom. The van der Waals surface area contributed by atoms with Crippen molar-refractivity contribution in [1.82, 2.24) is 0 Å². The smallest absolute Gasteiger partial charge is 0.238 e. The molecule has 0 saturated heterocycles. The number of hydrogen-bond donors (Lipinski definition) is 1. The van der Waals surface area contributed by atoms with Crippen LogP contribution in [0.2, 0.25) is 0 Å². The van der Waals surface area contributed by atoms with Crippen LogP contribution in [0.25, 0.3) is 0 Å². The molecule has 1 aromatic rings. The maximum Gasteiger partial charge on any atom is 0.238 e. The molecule has 1 rings (SSSR count). The standard InChI is InChI=1S/C14H21NO3S/c1-4-5-10-14(3,13(15)16)19(17,18)12-8-6-11(2)7-9-12/h6-9H,4-5,10H2,1-3H3,(H2,15,16). The molecule has 1 aromatic carbocycles. The van der Waals surface area contributed by atoms with Crippen LogP contribution in [0.3, 0.4) is 0 Å². The van der Waals surface area contributed by atoms with Crippen molar-refractivity contribution >= 4 is 15.7 Å². The SMILES string of the molecule is CCCCC(C)(C(N)=O)S(=O)(=O)c1ccc(C)cc1. The highest BCUT2D eigenvalue weighted by molar-refractivity contribution is 7.93. The minimum Gasteiger partial charge on any atom is -0.368 e. The lowest BCUT2D eigenvalue weighted by atomic mass is 10.0. The molecule has 0 spiro atoms. The minimum atomic E-state index is -3.76. The van der Waals surface area contributed by atoms with Crippen molar-refractivity contribution in [3.8, 4) is 0 Å². The molecule has 5 heteroatoms. The summed E-state index contributed by atoms with van der Waals surface area (Å²) in [5, 5.41) is 0. The van der Waals surface area contributed by atoms with Crippen molar-refractivity contribution in [2.45, 2.75) is 49.7 Å². The number of amides is 1. The topological polar surface area (TPSA) is 77.2 Å². The molecule has 0 heterocycles. The van der Waals surface area contributed by atoms with Gasteiger partial charge in [0.2, 0.25) is 5.91 Å². The third-order valence-electron chi connectivity index (χ3n) is 3.45. The lowest BCUT2D eigenvalue weighted by molar-refractivity contribution is -0.120. The second-order valence-electron chi connectivity index (χ2n) is 5.02. The summed E-state index contributed by atoms with van der Waals surface area (Å²) in [6, 6.07) is 6.48. The highest BCUT2D eigenvalue weighted by atomic mass is 32.2. The van der Waals surface area contributed by atoms with Gasteiger partial charge in [0.25, 0.3) is 0 Å². The number of primary amides is 1. The van der Waals surface area contributed by atoms with Gasteiger partial charge in [-0.05, 0) is 32.4 Å². The zero-order valence-electron chi connectivity index (χ0n) is 11.6. The van der Waals surface area contributed by atoms with E-state index in [9.17, 15) is 13.2 Å². The molecule has 1 amide bonds. The third-order valence-corrected chi connectivity index (χ3v) is 5.94. The molecule has 106 valence electrons. The van der Waals surface area contributed by atoms with Crippen LogP contribution in [0.4, 0.5) is 0 Å². The predicted molar refractivity (Wildman–Crippen MR) is 75.5 cm³/mol. The van der Waals surface area contributed by atoms with Gasteiger partial charge in [0.1, 0.15) is 0 Å². The van der Waals surface area contributed by atoms with Gasteiger partial charge in [0.05, 0.1) is 4.90 Å². The maximum atomic E-state index is 12.6. The average Bonchev–Trinajstić information content (AvgIpc) is 2.35. The van der Waals surface area contributed by atoms with E-state index in [1.165, 1.54) is 19.1 Å². The first-order valence-corrected chi connectivity index (χ1v) is 7.85. The second-order valence-corrected chi connectivity index (χ2v) is 7.39. The molecule has 0 aromatic heterocycles.